The minimum atomic E-state index is -0.759. The summed E-state index contributed by atoms with van der Waals surface area (Å²) >= 11 is 0. The Kier molecular flexibility index (Phi) is 4.96. The monoisotopic (exact) mass is 350 g/mol. The SMILES string of the molecule is CC(C)CNC(=O)N1CCC[C@@H]1c1nc(-c2ccc(F)cc2F)no1. The van der Waals surface area contributed by atoms with Gasteiger partial charge in [0, 0.05) is 19.2 Å². The summed E-state index contributed by atoms with van der Waals surface area (Å²) in [7, 11) is 0. The maximum absolute atomic E-state index is 13.9. The van der Waals surface area contributed by atoms with E-state index >= 15 is 0 Å². The summed E-state index contributed by atoms with van der Waals surface area (Å²) in [6, 6.07) is 2.66. The van der Waals surface area contributed by atoms with Gasteiger partial charge in [-0.15, -0.1) is 0 Å². The number of rotatable bonds is 4. The average Bonchev–Trinajstić information content (AvgIpc) is 3.21. The van der Waals surface area contributed by atoms with Crippen molar-refractivity contribution in [3.05, 3.63) is 35.7 Å². The maximum Gasteiger partial charge on any atom is 0.318 e. The number of aromatic nitrogens is 2. The van der Waals surface area contributed by atoms with Gasteiger partial charge < -0.3 is 14.7 Å². The van der Waals surface area contributed by atoms with E-state index in [2.05, 4.69) is 15.5 Å². The highest BCUT2D eigenvalue weighted by Crippen LogP contribution is 2.32. The van der Waals surface area contributed by atoms with Crippen LogP contribution in [0.15, 0.2) is 22.7 Å². The Hall–Kier alpha value is -2.51. The van der Waals surface area contributed by atoms with Gasteiger partial charge in [-0.3, -0.25) is 0 Å². The lowest BCUT2D eigenvalue weighted by Crippen LogP contribution is -2.41. The number of urea groups is 1. The van der Waals surface area contributed by atoms with Gasteiger partial charge in [0.05, 0.1) is 5.56 Å². The van der Waals surface area contributed by atoms with Crippen molar-refractivity contribution < 1.29 is 18.1 Å². The first kappa shape index (κ1) is 17.3. The molecular weight excluding hydrogens is 330 g/mol. The number of hydrogen-bond donors (Lipinski definition) is 1. The molecule has 1 saturated heterocycles. The van der Waals surface area contributed by atoms with E-state index in [1.807, 2.05) is 13.8 Å². The first-order valence-electron chi connectivity index (χ1n) is 8.29. The van der Waals surface area contributed by atoms with Gasteiger partial charge in [0.25, 0.3) is 0 Å². The Bertz CT molecular complexity index is 763. The van der Waals surface area contributed by atoms with E-state index in [4.69, 9.17) is 4.52 Å². The normalized spacial score (nSPS) is 17.3. The van der Waals surface area contributed by atoms with Crippen LogP contribution in [0.25, 0.3) is 11.4 Å². The molecule has 1 aliphatic rings. The molecular formula is C17H20F2N4O2. The molecule has 2 heterocycles. The van der Waals surface area contributed by atoms with Crippen molar-refractivity contribution in [1.82, 2.24) is 20.4 Å². The molecule has 0 aliphatic carbocycles. The highest BCUT2D eigenvalue weighted by molar-refractivity contribution is 5.75. The molecule has 6 nitrogen and oxygen atoms in total. The van der Waals surface area contributed by atoms with Crippen LogP contribution >= 0.6 is 0 Å². The molecule has 3 rings (SSSR count). The number of hydrogen-bond acceptors (Lipinski definition) is 4. The summed E-state index contributed by atoms with van der Waals surface area (Å²) < 4.78 is 32.1. The third-order valence-electron chi connectivity index (χ3n) is 4.07. The molecule has 0 bridgehead atoms. The van der Waals surface area contributed by atoms with Crippen LogP contribution in [0.5, 0.6) is 0 Å². The van der Waals surface area contributed by atoms with Gasteiger partial charge in [0.2, 0.25) is 11.7 Å². The second-order valence-corrected chi connectivity index (χ2v) is 6.51. The molecule has 1 N–H and O–H groups in total. The zero-order valence-corrected chi connectivity index (χ0v) is 14.1. The highest BCUT2D eigenvalue weighted by Gasteiger charge is 2.34. The average molecular weight is 350 g/mol. The number of nitrogens with zero attached hydrogens (tertiary/aromatic N) is 3. The zero-order chi connectivity index (χ0) is 18.0. The number of nitrogens with one attached hydrogen (secondary N) is 1. The molecule has 1 fully saturated rings. The second kappa shape index (κ2) is 7.16. The largest absolute Gasteiger partial charge is 0.338 e. The van der Waals surface area contributed by atoms with Gasteiger partial charge in [0.15, 0.2) is 0 Å². The van der Waals surface area contributed by atoms with Crippen LogP contribution in [-0.4, -0.2) is 34.2 Å². The summed E-state index contributed by atoms with van der Waals surface area (Å²) in [5, 5.41) is 6.66. The fourth-order valence-electron chi connectivity index (χ4n) is 2.81. The fraction of sp³-hybridized carbons (Fsp3) is 0.471. The first-order valence-corrected chi connectivity index (χ1v) is 8.29. The molecule has 1 aromatic heterocycles. The fourth-order valence-corrected chi connectivity index (χ4v) is 2.81. The first-order chi connectivity index (χ1) is 12.0. The molecule has 0 unspecified atom stereocenters. The molecule has 0 spiro atoms. The van der Waals surface area contributed by atoms with Gasteiger partial charge >= 0.3 is 6.03 Å². The van der Waals surface area contributed by atoms with Gasteiger partial charge in [0.1, 0.15) is 17.7 Å². The molecule has 25 heavy (non-hydrogen) atoms. The molecule has 2 aromatic rings. The lowest BCUT2D eigenvalue weighted by Gasteiger charge is -2.22. The Morgan fingerprint density at radius 3 is 2.96 bits per heavy atom. The van der Waals surface area contributed by atoms with Crippen LogP contribution in [0.2, 0.25) is 0 Å². The Labute approximate surface area is 144 Å². The predicted octanol–water partition coefficient (Wildman–Crippen LogP) is 3.52. The van der Waals surface area contributed by atoms with Crippen LogP contribution in [-0.2, 0) is 0 Å². The zero-order valence-electron chi connectivity index (χ0n) is 14.1. The Morgan fingerprint density at radius 1 is 1.44 bits per heavy atom. The van der Waals surface area contributed by atoms with Crippen LogP contribution in [0.1, 0.15) is 38.6 Å². The lowest BCUT2D eigenvalue weighted by molar-refractivity contribution is 0.179. The van der Waals surface area contributed by atoms with E-state index < -0.39 is 11.6 Å². The number of halogens is 2. The van der Waals surface area contributed by atoms with E-state index in [0.29, 0.717) is 25.4 Å². The predicted molar refractivity (Wildman–Crippen MR) is 86.6 cm³/mol. The van der Waals surface area contributed by atoms with E-state index in [0.717, 1.165) is 18.6 Å². The molecule has 1 aromatic carbocycles. The molecule has 8 heteroatoms. The van der Waals surface area contributed by atoms with Crippen molar-refractivity contribution in [1.29, 1.82) is 0 Å². The maximum atomic E-state index is 13.9. The molecule has 1 atom stereocenters. The number of amides is 2. The quantitative estimate of drug-likeness (QED) is 0.916. The summed E-state index contributed by atoms with van der Waals surface area (Å²) in [6.07, 6.45) is 1.52. The van der Waals surface area contributed by atoms with Gasteiger partial charge in [-0.2, -0.15) is 4.98 Å². The van der Waals surface area contributed by atoms with Crippen molar-refractivity contribution in [3.8, 4) is 11.4 Å². The van der Waals surface area contributed by atoms with Gasteiger partial charge in [-0.1, -0.05) is 19.0 Å². The second-order valence-electron chi connectivity index (χ2n) is 6.51. The van der Waals surface area contributed by atoms with Crippen LogP contribution in [0.3, 0.4) is 0 Å². The van der Waals surface area contributed by atoms with Crippen molar-refractivity contribution in [3.63, 3.8) is 0 Å². The van der Waals surface area contributed by atoms with Gasteiger partial charge in [-0.25, -0.2) is 13.6 Å². The van der Waals surface area contributed by atoms with E-state index in [1.165, 1.54) is 6.07 Å². The molecule has 2 amide bonds. The number of likely N-dealkylation sites (tertiary alicyclic amines) is 1. The van der Waals surface area contributed by atoms with Crippen LogP contribution < -0.4 is 5.32 Å². The van der Waals surface area contributed by atoms with Crippen LogP contribution in [0, 0.1) is 17.6 Å². The summed E-state index contributed by atoms with van der Waals surface area (Å²) in [4.78, 5) is 18.2. The summed E-state index contributed by atoms with van der Waals surface area (Å²) in [5.74, 6) is -0.779. The topological polar surface area (TPSA) is 71.3 Å². The van der Waals surface area contributed by atoms with E-state index in [1.54, 1.807) is 4.90 Å². The van der Waals surface area contributed by atoms with Gasteiger partial charge in [-0.05, 0) is 30.9 Å². The number of benzene rings is 1. The third kappa shape index (κ3) is 3.78. The third-order valence-corrected chi connectivity index (χ3v) is 4.07. The summed E-state index contributed by atoms with van der Waals surface area (Å²) in [5.41, 5.74) is 0.0604. The standard InChI is InChI=1S/C17H20F2N4O2/c1-10(2)9-20-17(24)23-7-3-4-14(23)16-21-15(22-25-16)12-6-5-11(18)8-13(12)19/h5-6,8,10,14H,3-4,7,9H2,1-2H3,(H,20,24)/t14-/m1/s1. The smallest absolute Gasteiger partial charge is 0.318 e. The molecule has 134 valence electrons. The van der Waals surface area contributed by atoms with Crippen molar-refractivity contribution in [2.24, 2.45) is 5.92 Å². The lowest BCUT2D eigenvalue weighted by atomic mass is 10.2. The van der Waals surface area contributed by atoms with Crippen molar-refractivity contribution in [2.45, 2.75) is 32.7 Å². The molecule has 0 saturated carbocycles. The highest BCUT2D eigenvalue weighted by atomic mass is 19.1. The Morgan fingerprint density at radius 2 is 2.24 bits per heavy atom. The molecule has 1 aliphatic heterocycles. The van der Waals surface area contributed by atoms with E-state index in [9.17, 15) is 13.6 Å². The van der Waals surface area contributed by atoms with Crippen molar-refractivity contribution in [2.75, 3.05) is 13.1 Å². The number of carbonyl (C=O) groups excluding carboxylic acids is 1. The van der Waals surface area contributed by atoms with E-state index in [-0.39, 0.29) is 29.4 Å². The van der Waals surface area contributed by atoms with Crippen molar-refractivity contribution >= 4 is 6.03 Å². The Balaban J connectivity index is 1.77. The minimum Gasteiger partial charge on any atom is -0.338 e. The number of carbonyl (C=O) groups is 1. The minimum absolute atomic E-state index is 0.0435. The molecule has 0 radical (unpaired) electrons. The summed E-state index contributed by atoms with van der Waals surface area (Å²) in [6.45, 7) is 5.21. The van der Waals surface area contributed by atoms with Crippen LogP contribution in [0.4, 0.5) is 13.6 Å².